The summed E-state index contributed by atoms with van der Waals surface area (Å²) in [6, 6.07) is 0. The van der Waals surface area contributed by atoms with Crippen molar-refractivity contribution in [3.8, 4) is 0 Å². The highest BCUT2D eigenvalue weighted by Crippen LogP contribution is 2.25. The van der Waals surface area contributed by atoms with E-state index >= 15 is 0 Å². The first-order valence-electron chi connectivity index (χ1n) is 7.59. The first-order valence-corrected chi connectivity index (χ1v) is 8.58. The molecule has 0 saturated carbocycles. The lowest BCUT2D eigenvalue weighted by Crippen LogP contribution is -2.21. The van der Waals surface area contributed by atoms with E-state index in [0.717, 1.165) is 31.1 Å². The van der Waals surface area contributed by atoms with E-state index in [1.54, 1.807) is 0 Å². The zero-order valence-electron chi connectivity index (χ0n) is 12.7. The first kappa shape index (κ1) is 16.4. The topological polar surface area (TPSA) is 64.3 Å². The Balaban J connectivity index is 2.02. The van der Waals surface area contributed by atoms with Gasteiger partial charge in [0.15, 0.2) is 5.16 Å². The normalized spacial score (nSPS) is 19.1. The molecular weight excluding hydrogens is 288 g/mol. The van der Waals surface area contributed by atoms with Crippen molar-refractivity contribution in [1.82, 2.24) is 9.55 Å². The van der Waals surface area contributed by atoms with Gasteiger partial charge in [0.2, 0.25) is 0 Å². The second-order valence-electron chi connectivity index (χ2n) is 5.73. The Hall–Kier alpha value is -1.01. The van der Waals surface area contributed by atoms with E-state index < -0.39 is 5.97 Å². The molecule has 1 saturated heterocycles. The Labute approximate surface area is 130 Å². The fourth-order valence-corrected chi connectivity index (χ4v) is 3.34. The third-order valence-electron chi connectivity index (χ3n) is 3.71. The summed E-state index contributed by atoms with van der Waals surface area (Å²) in [5, 5.41) is 9.64. The maximum absolute atomic E-state index is 10.8. The fourth-order valence-electron chi connectivity index (χ4n) is 2.61. The lowest BCUT2D eigenvalue weighted by Gasteiger charge is -2.23. The minimum Gasteiger partial charge on any atom is -0.481 e. The number of nitrogens with zero attached hydrogens (tertiary/aromatic N) is 2. The Kier molecular flexibility index (Phi) is 6.11. The second kappa shape index (κ2) is 7.84. The van der Waals surface area contributed by atoms with Crippen LogP contribution in [0.5, 0.6) is 0 Å². The average Bonchev–Trinajstić information content (AvgIpc) is 2.87. The Morgan fingerprint density at radius 3 is 3.00 bits per heavy atom. The molecule has 0 aliphatic carbocycles. The Morgan fingerprint density at radius 1 is 1.57 bits per heavy atom. The summed E-state index contributed by atoms with van der Waals surface area (Å²) in [5.74, 6) is -0.380. The highest BCUT2D eigenvalue weighted by Gasteiger charge is 2.18. The quantitative estimate of drug-likeness (QED) is 0.784. The van der Waals surface area contributed by atoms with Crippen molar-refractivity contribution >= 4 is 17.7 Å². The minimum atomic E-state index is -0.809. The van der Waals surface area contributed by atoms with Crippen molar-refractivity contribution < 1.29 is 14.6 Å². The van der Waals surface area contributed by atoms with E-state index in [9.17, 15) is 4.79 Å². The van der Waals surface area contributed by atoms with Crippen LogP contribution in [0.4, 0.5) is 0 Å². The molecule has 1 N–H and O–H groups in total. The Morgan fingerprint density at radius 2 is 2.38 bits per heavy atom. The number of hydrogen-bond acceptors (Lipinski definition) is 4. The molecule has 0 aromatic carbocycles. The van der Waals surface area contributed by atoms with Crippen molar-refractivity contribution in [3.63, 3.8) is 0 Å². The molecule has 118 valence electrons. The molecule has 5 nitrogen and oxygen atoms in total. The standard InChI is InChI=1S/C15H24N2O3S/c1-11(2)13-9-16-15(21-10-14(18)19)17(13)7-6-12-5-3-4-8-20-12/h9,11-12H,3-8,10H2,1-2H3,(H,18,19). The van der Waals surface area contributed by atoms with Crippen LogP contribution in [0.1, 0.15) is 51.1 Å². The minimum absolute atomic E-state index is 0.0501. The number of aliphatic carboxylic acids is 1. The molecule has 0 bridgehead atoms. The second-order valence-corrected chi connectivity index (χ2v) is 6.67. The summed E-state index contributed by atoms with van der Waals surface area (Å²) in [5.41, 5.74) is 1.17. The van der Waals surface area contributed by atoms with Gasteiger partial charge in [-0.2, -0.15) is 0 Å². The van der Waals surface area contributed by atoms with Crippen molar-refractivity contribution in [1.29, 1.82) is 0 Å². The van der Waals surface area contributed by atoms with Crippen LogP contribution in [-0.2, 0) is 16.1 Å². The number of ether oxygens (including phenoxy) is 1. The van der Waals surface area contributed by atoms with Gasteiger partial charge < -0.3 is 14.4 Å². The van der Waals surface area contributed by atoms with Gasteiger partial charge >= 0.3 is 5.97 Å². The van der Waals surface area contributed by atoms with Crippen molar-refractivity contribution in [2.45, 2.75) is 63.3 Å². The summed E-state index contributed by atoms with van der Waals surface area (Å²) in [6.07, 6.45) is 6.71. The fraction of sp³-hybridized carbons (Fsp3) is 0.733. The third-order valence-corrected chi connectivity index (χ3v) is 4.69. The maximum atomic E-state index is 10.8. The third kappa shape index (κ3) is 4.74. The number of imidazole rings is 1. The number of carbonyl (C=O) groups is 1. The first-order chi connectivity index (χ1) is 10.1. The van der Waals surface area contributed by atoms with Crippen LogP contribution in [-0.4, -0.2) is 39.1 Å². The number of aromatic nitrogens is 2. The highest BCUT2D eigenvalue weighted by atomic mass is 32.2. The smallest absolute Gasteiger partial charge is 0.313 e. The average molecular weight is 312 g/mol. The zero-order chi connectivity index (χ0) is 15.2. The van der Waals surface area contributed by atoms with E-state index in [-0.39, 0.29) is 5.75 Å². The molecule has 1 unspecified atom stereocenters. The highest BCUT2D eigenvalue weighted by molar-refractivity contribution is 7.99. The van der Waals surface area contributed by atoms with Crippen LogP contribution in [0, 0.1) is 0 Å². The number of thioether (sulfide) groups is 1. The number of carboxylic acid groups (broad SMARTS) is 1. The van der Waals surface area contributed by atoms with Crippen LogP contribution >= 0.6 is 11.8 Å². The van der Waals surface area contributed by atoms with E-state index in [1.807, 2.05) is 6.20 Å². The summed E-state index contributed by atoms with van der Waals surface area (Å²) in [7, 11) is 0. The lowest BCUT2D eigenvalue weighted by molar-refractivity contribution is -0.133. The molecule has 0 radical (unpaired) electrons. The predicted octanol–water partition coefficient (Wildman–Crippen LogP) is 3.14. The number of carboxylic acids is 1. The molecule has 21 heavy (non-hydrogen) atoms. The van der Waals surface area contributed by atoms with Crippen LogP contribution in [0.2, 0.25) is 0 Å². The molecule has 1 aromatic rings. The molecule has 1 aliphatic rings. The van der Waals surface area contributed by atoms with Gasteiger partial charge in [-0.3, -0.25) is 4.79 Å². The molecule has 1 fully saturated rings. The number of rotatable bonds is 7. The predicted molar refractivity (Wildman–Crippen MR) is 82.9 cm³/mol. The molecule has 2 heterocycles. The summed E-state index contributed by atoms with van der Waals surface area (Å²) in [6.45, 7) is 5.99. The van der Waals surface area contributed by atoms with Gasteiger partial charge in [0.05, 0.1) is 11.9 Å². The van der Waals surface area contributed by atoms with Gasteiger partial charge in [0.1, 0.15) is 0 Å². The molecule has 1 aromatic heterocycles. The Bertz CT molecular complexity index is 467. The molecule has 1 aliphatic heterocycles. The molecule has 0 amide bonds. The van der Waals surface area contributed by atoms with Crippen molar-refractivity contribution in [2.75, 3.05) is 12.4 Å². The molecule has 6 heteroatoms. The number of hydrogen-bond donors (Lipinski definition) is 1. The summed E-state index contributed by atoms with van der Waals surface area (Å²) >= 11 is 1.29. The molecular formula is C15H24N2O3S. The van der Waals surface area contributed by atoms with Gasteiger partial charge in [-0.15, -0.1) is 0 Å². The maximum Gasteiger partial charge on any atom is 0.313 e. The van der Waals surface area contributed by atoms with E-state index in [4.69, 9.17) is 9.84 Å². The summed E-state index contributed by atoms with van der Waals surface area (Å²) < 4.78 is 7.94. The molecule has 0 spiro atoms. The lowest BCUT2D eigenvalue weighted by atomic mass is 10.1. The van der Waals surface area contributed by atoms with Crippen LogP contribution in [0.3, 0.4) is 0 Å². The zero-order valence-corrected chi connectivity index (χ0v) is 13.6. The van der Waals surface area contributed by atoms with Gasteiger partial charge in [-0.1, -0.05) is 25.6 Å². The van der Waals surface area contributed by atoms with Gasteiger partial charge in [0.25, 0.3) is 0 Å². The van der Waals surface area contributed by atoms with Crippen LogP contribution in [0.15, 0.2) is 11.4 Å². The SMILES string of the molecule is CC(C)c1cnc(SCC(=O)O)n1CCC1CCCCO1. The largest absolute Gasteiger partial charge is 0.481 e. The van der Waals surface area contributed by atoms with E-state index in [2.05, 4.69) is 23.4 Å². The molecule has 1 atom stereocenters. The van der Waals surface area contributed by atoms with Gasteiger partial charge in [-0.05, 0) is 31.6 Å². The monoisotopic (exact) mass is 312 g/mol. The van der Waals surface area contributed by atoms with Crippen LogP contribution in [0.25, 0.3) is 0 Å². The van der Waals surface area contributed by atoms with Gasteiger partial charge in [0, 0.05) is 25.0 Å². The van der Waals surface area contributed by atoms with Crippen molar-refractivity contribution in [2.24, 2.45) is 0 Å². The summed E-state index contributed by atoms with van der Waals surface area (Å²) in [4.78, 5) is 15.1. The van der Waals surface area contributed by atoms with Crippen molar-refractivity contribution in [3.05, 3.63) is 11.9 Å². The molecule has 2 rings (SSSR count). The van der Waals surface area contributed by atoms with E-state index in [0.29, 0.717) is 12.0 Å². The van der Waals surface area contributed by atoms with E-state index in [1.165, 1.54) is 30.3 Å². The van der Waals surface area contributed by atoms with Crippen LogP contribution < -0.4 is 0 Å². The van der Waals surface area contributed by atoms with Gasteiger partial charge in [-0.25, -0.2) is 4.98 Å².